The molecule has 0 saturated carbocycles. The van der Waals surface area contributed by atoms with Crippen LogP contribution in [0.4, 0.5) is 0 Å². The van der Waals surface area contributed by atoms with Crippen LogP contribution in [0.1, 0.15) is 104 Å². The molecule has 0 spiro atoms. The summed E-state index contributed by atoms with van der Waals surface area (Å²) in [5, 5.41) is 0. The molecule has 0 fully saturated rings. The number of allylic oxidation sites excluding steroid dienone is 2. The van der Waals surface area contributed by atoms with Gasteiger partial charge < -0.3 is 5.73 Å². The monoisotopic (exact) mass is 404 g/mol. The Balaban J connectivity index is 0. The van der Waals surface area contributed by atoms with Crippen molar-refractivity contribution in [3.8, 4) is 0 Å². The van der Waals surface area contributed by atoms with Gasteiger partial charge in [0.05, 0.1) is 0 Å². The zero-order valence-corrected chi connectivity index (χ0v) is 17.7. The average Bonchev–Trinajstić information content (AvgIpc) is 2.50. The molecule has 0 aromatic rings. The van der Waals surface area contributed by atoms with Crippen LogP contribution >= 0.6 is 0 Å². The summed E-state index contributed by atoms with van der Waals surface area (Å²) in [5.41, 5.74) is 10.1. The van der Waals surface area contributed by atoms with Crippen molar-refractivity contribution in [2.24, 2.45) is 11.5 Å². The fourth-order valence-corrected chi connectivity index (χ4v) is 2.37. The second-order valence-corrected chi connectivity index (χ2v) is 7.76. The van der Waals surface area contributed by atoms with Gasteiger partial charge in [0.15, 0.2) is 0 Å². The molecule has 142 valence electrons. The van der Waals surface area contributed by atoms with Crippen molar-refractivity contribution in [3.05, 3.63) is 12.2 Å². The maximum Gasteiger partial charge on any atom is 0.217 e. The Labute approximate surface area is 158 Å². The third-order valence-corrected chi connectivity index (χ3v) is 3.68. The van der Waals surface area contributed by atoms with E-state index >= 15 is 0 Å². The standard InChI is InChI=1S/C18H35NO.C2H5NSe/c1-2-3-4-5-6-7-8-9-10-11-12-13-14-15-16-17-18(19)20;1-2(3)4/h9-10H,2-8,11-17H2,1H3,(H2,19,20);1H3,(H2,3,4)/b10-9-;. The van der Waals surface area contributed by atoms with Gasteiger partial charge in [-0.15, -0.1) is 0 Å². The fraction of sp³-hybridized carbons (Fsp3) is 0.800. The first-order valence-electron chi connectivity index (χ1n) is 9.70. The second kappa shape index (κ2) is 22.4. The zero-order chi connectivity index (χ0) is 18.5. The van der Waals surface area contributed by atoms with E-state index in [2.05, 4.69) is 34.7 Å². The van der Waals surface area contributed by atoms with Crippen LogP contribution in [0.5, 0.6) is 0 Å². The van der Waals surface area contributed by atoms with Crippen LogP contribution in [0.15, 0.2) is 12.2 Å². The number of hydrogen-bond donors (Lipinski definition) is 2. The van der Waals surface area contributed by atoms with Gasteiger partial charge in [-0.25, -0.2) is 0 Å². The molecular weight excluding hydrogens is 363 g/mol. The molecule has 3 nitrogen and oxygen atoms in total. The molecule has 0 rings (SSSR count). The van der Waals surface area contributed by atoms with E-state index in [4.69, 9.17) is 11.5 Å². The molecule has 0 heterocycles. The molecule has 0 aliphatic heterocycles. The van der Waals surface area contributed by atoms with Crippen molar-refractivity contribution >= 4 is 26.0 Å². The molecule has 24 heavy (non-hydrogen) atoms. The van der Waals surface area contributed by atoms with Gasteiger partial charge in [0.2, 0.25) is 5.91 Å². The fourth-order valence-electron chi connectivity index (χ4n) is 2.37. The predicted octanol–water partition coefficient (Wildman–Crippen LogP) is 4.77. The van der Waals surface area contributed by atoms with Crippen molar-refractivity contribution in [1.29, 1.82) is 0 Å². The van der Waals surface area contributed by atoms with E-state index in [-0.39, 0.29) is 5.91 Å². The van der Waals surface area contributed by atoms with Crippen molar-refractivity contribution in [2.45, 2.75) is 104 Å². The molecule has 4 N–H and O–H groups in total. The van der Waals surface area contributed by atoms with E-state index in [0.29, 0.717) is 6.42 Å². The minimum atomic E-state index is -0.164. The van der Waals surface area contributed by atoms with E-state index < -0.39 is 0 Å². The van der Waals surface area contributed by atoms with Crippen LogP contribution in [-0.4, -0.2) is 26.0 Å². The molecule has 0 aliphatic carbocycles. The Morgan fingerprint density at radius 3 is 1.58 bits per heavy atom. The topological polar surface area (TPSA) is 69.1 Å². The maximum absolute atomic E-state index is 10.5. The molecule has 0 bridgehead atoms. The number of carbonyl (C=O) groups is 1. The smallest absolute Gasteiger partial charge is 0.217 e. The van der Waals surface area contributed by atoms with E-state index in [0.717, 1.165) is 17.4 Å². The molecular formula is C20H40N2OSe. The van der Waals surface area contributed by atoms with Gasteiger partial charge in [0, 0.05) is 6.42 Å². The number of hydrogen-bond acceptors (Lipinski definition) is 2. The summed E-state index contributed by atoms with van der Waals surface area (Å²) in [6, 6.07) is 0. The van der Waals surface area contributed by atoms with Crippen molar-refractivity contribution in [1.82, 2.24) is 0 Å². The third kappa shape index (κ3) is 33.1. The first-order chi connectivity index (χ1) is 11.5. The summed E-state index contributed by atoms with van der Waals surface area (Å²) < 4.78 is 0.792. The van der Waals surface area contributed by atoms with Crippen LogP contribution in [-0.2, 0) is 4.79 Å². The van der Waals surface area contributed by atoms with Crippen LogP contribution in [0, 0.1) is 0 Å². The van der Waals surface area contributed by atoms with Gasteiger partial charge >= 0.3 is 32.8 Å². The van der Waals surface area contributed by atoms with E-state index in [1.807, 2.05) is 0 Å². The van der Waals surface area contributed by atoms with Crippen molar-refractivity contribution in [2.75, 3.05) is 0 Å². The Hall–Kier alpha value is -0.601. The van der Waals surface area contributed by atoms with Gasteiger partial charge in [0.25, 0.3) is 0 Å². The normalized spacial score (nSPS) is 10.4. The number of amides is 1. The van der Waals surface area contributed by atoms with E-state index in [9.17, 15) is 4.79 Å². The molecule has 0 unspecified atom stereocenters. The van der Waals surface area contributed by atoms with Crippen molar-refractivity contribution < 1.29 is 4.79 Å². The maximum atomic E-state index is 10.5. The van der Waals surface area contributed by atoms with E-state index in [1.165, 1.54) is 70.6 Å². The number of rotatable bonds is 15. The number of unbranched alkanes of at least 4 members (excludes halogenated alkanes) is 11. The molecule has 0 saturated heterocycles. The molecule has 0 aromatic heterocycles. The van der Waals surface area contributed by atoms with Gasteiger partial charge in [-0.05, 0) is 32.1 Å². The molecule has 0 atom stereocenters. The summed E-state index contributed by atoms with van der Waals surface area (Å²) in [6.45, 7) is 4.07. The Morgan fingerprint density at radius 2 is 1.17 bits per heavy atom. The molecule has 0 aliphatic rings. The summed E-state index contributed by atoms with van der Waals surface area (Å²) in [4.78, 5) is 10.5. The molecule has 0 aromatic carbocycles. The van der Waals surface area contributed by atoms with Gasteiger partial charge in [-0.3, -0.25) is 4.79 Å². The number of primary amides is 1. The first-order valence-corrected chi connectivity index (χ1v) is 10.6. The SMILES string of the molecule is CC(N)=[Se].CCCCCCCC/C=C\CCCCCCCC(N)=O. The van der Waals surface area contributed by atoms with Crippen LogP contribution in [0.3, 0.4) is 0 Å². The van der Waals surface area contributed by atoms with Crippen LogP contribution < -0.4 is 11.5 Å². The predicted molar refractivity (Wildman–Crippen MR) is 109 cm³/mol. The zero-order valence-electron chi connectivity index (χ0n) is 16.0. The quantitative estimate of drug-likeness (QED) is 0.235. The second-order valence-electron chi connectivity index (χ2n) is 6.41. The summed E-state index contributed by atoms with van der Waals surface area (Å²) in [7, 11) is 0. The van der Waals surface area contributed by atoms with E-state index in [1.54, 1.807) is 6.92 Å². The average molecular weight is 404 g/mol. The largest absolute Gasteiger partial charge is 0.370 e. The van der Waals surface area contributed by atoms with Crippen LogP contribution in [0.25, 0.3) is 0 Å². The number of nitrogens with two attached hydrogens (primary N) is 2. The Morgan fingerprint density at radius 1 is 0.792 bits per heavy atom. The minimum Gasteiger partial charge on any atom is -0.370 e. The van der Waals surface area contributed by atoms with Gasteiger partial charge in [-0.2, -0.15) is 0 Å². The Kier molecular flexibility index (Phi) is 23.9. The summed E-state index contributed by atoms with van der Waals surface area (Å²) in [6.07, 6.45) is 21.9. The summed E-state index contributed by atoms with van der Waals surface area (Å²) >= 11 is 2.60. The first kappa shape index (κ1) is 25.6. The van der Waals surface area contributed by atoms with Crippen LogP contribution in [0.2, 0.25) is 0 Å². The van der Waals surface area contributed by atoms with Gasteiger partial charge in [-0.1, -0.05) is 70.4 Å². The Bertz CT molecular complexity index is 313. The third-order valence-electron chi connectivity index (χ3n) is 3.68. The van der Waals surface area contributed by atoms with Gasteiger partial charge in [0.1, 0.15) is 0 Å². The number of carbonyl (C=O) groups excluding carboxylic acids is 1. The molecule has 4 heteroatoms. The minimum absolute atomic E-state index is 0.164. The van der Waals surface area contributed by atoms with Crippen molar-refractivity contribution in [3.63, 3.8) is 0 Å². The summed E-state index contributed by atoms with van der Waals surface area (Å²) in [5.74, 6) is -0.164. The molecule has 0 radical (unpaired) electrons. The molecule has 1 amide bonds.